The summed E-state index contributed by atoms with van der Waals surface area (Å²) < 4.78 is 25.9. The van der Waals surface area contributed by atoms with E-state index in [1.54, 1.807) is 0 Å². The molecular formula is C7H11F2NO2. The third-order valence-corrected chi connectivity index (χ3v) is 2.55. The van der Waals surface area contributed by atoms with E-state index in [9.17, 15) is 13.6 Å². The summed E-state index contributed by atoms with van der Waals surface area (Å²) >= 11 is 0. The number of carboxylic acid groups (broad SMARTS) is 1. The van der Waals surface area contributed by atoms with Crippen molar-refractivity contribution >= 4 is 5.97 Å². The normalized spacial score (nSPS) is 23.3. The summed E-state index contributed by atoms with van der Waals surface area (Å²) in [6, 6.07) is -0.774. The average Bonchev–Trinajstić information content (AvgIpc) is 2.64. The second-order valence-corrected chi connectivity index (χ2v) is 3.32. The monoisotopic (exact) mass is 179 g/mol. The van der Waals surface area contributed by atoms with Crippen LogP contribution in [0.25, 0.3) is 0 Å². The fourth-order valence-corrected chi connectivity index (χ4v) is 1.40. The third-order valence-electron chi connectivity index (χ3n) is 2.55. The first kappa shape index (κ1) is 9.38. The summed E-state index contributed by atoms with van der Waals surface area (Å²) in [5, 5.41) is 8.26. The predicted molar refractivity (Wildman–Crippen MR) is 37.9 cm³/mol. The van der Waals surface area contributed by atoms with Gasteiger partial charge >= 0.3 is 11.9 Å². The van der Waals surface area contributed by atoms with Crippen molar-refractivity contribution in [1.29, 1.82) is 0 Å². The van der Waals surface area contributed by atoms with E-state index in [1.807, 2.05) is 0 Å². The fourth-order valence-electron chi connectivity index (χ4n) is 1.40. The van der Waals surface area contributed by atoms with Crippen molar-refractivity contribution in [2.75, 3.05) is 0 Å². The van der Waals surface area contributed by atoms with Crippen molar-refractivity contribution in [3.05, 3.63) is 0 Å². The number of hydrogen-bond donors (Lipinski definition) is 2. The van der Waals surface area contributed by atoms with Gasteiger partial charge in [-0.3, -0.25) is 0 Å². The van der Waals surface area contributed by atoms with E-state index in [0.717, 1.165) is 0 Å². The van der Waals surface area contributed by atoms with Crippen LogP contribution in [0, 0.1) is 5.41 Å². The number of alkyl halides is 2. The Morgan fingerprint density at radius 1 is 1.67 bits per heavy atom. The molecule has 5 heteroatoms. The van der Waals surface area contributed by atoms with Gasteiger partial charge in [-0.1, -0.05) is 0 Å². The summed E-state index contributed by atoms with van der Waals surface area (Å²) in [7, 11) is 0. The summed E-state index contributed by atoms with van der Waals surface area (Å²) in [4.78, 5) is 10.2. The highest BCUT2D eigenvalue weighted by Gasteiger charge is 2.68. The van der Waals surface area contributed by atoms with E-state index < -0.39 is 23.3 Å². The standard InChI is InChI=1S/C7H11F2NO2/c1-4(10)6(2-3-6)7(8,9)5(11)12/h4H,2-3,10H2,1H3,(H,11,12). The van der Waals surface area contributed by atoms with Crippen molar-refractivity contribution in [2.24, 2.45) is 11.1 Å². The number of hydrogen-bond acceptors (Lipinski definition) is 2. The Morgan fingerprint density at radius 3 is 2.17 bits per heavy atom. The number of halogens is 2. The maximum absolute atomic E-state index is 13.0. The Morgan fingerprint density at radius 2 is 2.08 bits per heavy atom. The summed E-state index contributed by atoms with van der Waals surface area (Å²) in [6.45, 7) is 1.42. The number of nitrogens with two attached hydrogens (primary N) is 1. The van der Waals surface area contributed by atoms with Crippen LogP contribution in [0.1, 0.15) is 19.8 Å². The molecule has 12 heavy (non-hydrogen) atoms. The zero-order chi connectivity index (χ0) is 9.57. The number of rotatable bonds is 3. The molecule has 0 aliphatic heterocycles. The minimum atomic E-state index is -3.68. The molecule has 0 aromatic rings. The Balaban J connectivity index is 2.88. The average molecular weight is 179 g/mol. The molecule has 0 aromatic heterocycles. The van der Waals surface area contributed by atoms with Crippen LogP contribution in [-0.4, -0.2) is 23.0 Å². The Bertz CT molecular complexity index is 211. The lowest BCUT2D eigenvalue weighted by Crippen LogP contribution is -2.47. The first-order chi connectivity index (χ1) is 5.34. The molecular weight excluding hydrogens is 168 g/mol. The zero-order valence-electron chi connectivity index (χ0n) is 6.68. The van der Waals surface area contributed by atoms with E-state index >= 15 is 0 Å². The molecule has 1 unspecified atom stereocenters. The van der Waals surface area contributed by atoms with Crippen LogP contribution in [0.5, 0.6) is 0 Å². The van der Waals surface area contributed by atoms with Gasteiger partial charge in [-0.2, -0.15) is 8.78 Å². The molecule has 0 heterocycles. The van der Waals surface area contributed by atoms with Gasteiger partial charge in [-0.25, -0.2) is 4.79 Å². The van der Waals surface area contributed by atoms with Crippen LogP contribution in [0.15, 0.2) is 0 Å². The molecule has 0 saturated heterocycles. The molecule has 0 aromatic carbocycles. The molecule has 1 saturated carbocycles. The van der Waals surface area contributed by atoms with E-state index in [4.69, 9.17) is 10.8 Å². The van der Waals surface area contributed by atoms with E-state index in [2.05, 4.69) is 0 Å². The molecule has 0 radical (unpaired) electrons. The smallest absolute Gasteiger partial charge is 0.375 e. The van der Waals surface area contributed by atoms with E-state index in [1.165, 1.54) is 6.92 Å². The minimum Gasteiger partial charge on any atom is -0.477 e. The van der Waals surface area contributed by atoms with Gasteiger partial charge in [-0.15, -0.1) is 0 Å². The topological polar surface area (TPSA) is 63.3 Å². The maximum Gasteiger partial charge on any atom is 0.375 e. The summed E-state index contributed by atoms with van der Waals surface area (Å²) in [6.07, 6.45) is 0.397. The lowest BCUT2D eigenvalue weighted by molar-refractivity contribution is -0.177. The van der Waals surface area contributed by atoms with E-state index in [-0.39, 0.29) is 12.8 Å². The highest BCUT2D eigenvalue weighted by molar-refractivity contribution is 5.77. The lowest BCUT2D eigenvalue weighted by Gasteiger charge is -2.25. The zero-order valence-corrected chi connectivity index (χ0v) is 6.68. The van der Waals surface area contributed by atoms with Crippen LogP contribution in [0.2, 0.25) is 0 Å². The van der Waals surface area contributed by atoms with Crippen LogP contribution >= 0.6 is 0 Å². The van der Waals surface area contributed by atoms with Gasteiger partial charge in [0.05, 0.1) is 5.41 Å². The summed E-state index contributed by atoms with van der Waals surface area (Å²) in [5.41, 5.74) is 3.83. The van der Waals surface area contributed by atoms with Crippen LogP contribution in [0.4, 0.5) is 8.78 Å². The van der Waals surface area contributed by atoms with Gasteiger partial charge in [0.25, 0.3) is 0 Å². The Kier molecular flexibility index (Phi) is 1.87. The minimum absolute atomic E-state index is 0.198. The number of carbonyl (C=O) groups is 1. The molecule has 1 aliphatic carbocycles. The number of aliphatic carboxylic acids is 1. The molecule has 70 valence electrons. The van der Waals surface area contributed by atoms with Gasteiger partial charge in [0.1, 0.15) is 0 Å². The maximum atomic E-state index is 13.0. The lowest BCUT2D eigenvalue weighted by atomic mass is 9.91. The first-order valence-electron chi connectivity index (χ1n) is 3.71. The van der Waals surface area contributed by atoms with Gasteiger partial charge < -0.3 is 10.8 Å². The Labute approximate surface area is 68.5 Å². The molecule has 1 rings (SSSR count). The highest BCUT2D eigenvalue weighted by atomic mass is 19.3. The third kappa shape index (κ3) is 0.998. The molecule has 0 amide bonds. The molecule has 0 spiro atoms. The molecule has 1 aliphatic rings. The van der Waals surface area contributed by atoms with Crippen molar-refractivity contribution < 1.29 is 18.7 Å². The summed E-state index contributed by atoms with van der Waals surface area (Å²) in [5.74, 6) is -5.75. The molecule has 3 N–H and O–H groups in total. The molecule has 0 bridgehead atoms. The second kappa shape index (κ2) is 2.39. The fraction of sp³-hybridized carbons (Fsp3) is 0.857. The van der Waals surface area contributed by atoms with Gasteiger partial charge in [0.15, 0.2) is 0 Å². The van der Waals surface area contributed by atoms with Crippen molar-refractivity contribution in [2.45, 2.75) is 31.7 Å². The van der Waals surface area contributed by atoms with Gasteiger partial charge in [0, 0.05) is 6.04 Å². The predicted octanol–water partition coefficient (Wildman–Crippen LogP) is 0.834. The van der Waals surface area contributed by atoms with Crippen molar-refractivity contribution in [1.82, 2.24) is 0 Å². The number of carboxylic acids is 1. The van der Waals surface area contributed by atoms with E-state index in [0.29, 0.717) is 0 Å². The molecule has 3 nitrogen and oxygen atoms in total. The van der Waals surface area contributed by atoms with Crippen molar-refractivity contribution in [3.63, 3.8) is 0 Å². The first-order valence-corrected chi connectivity index (χ1v) is 3.71. The van der Waals surface area contributed by atoms with Crippen LogP contribution in [-0.2, 0) is 4.79 Å². The van der Waals surface area contributed by atoms with Gasteiger partial charge in [0.2, 0.25) is 0 Å². The van der Waals surface area contributed by atoms with Crippen molar-refractivity contribution in [3.8, 4) is 0 Å². The second-order valence-electron chi connectivity index (χ2n) is 3.32. The molecule has 1 atom stereocenters. The quantitative estimate of drug-likeness (QED) is 0.674. The molecule has 1 fully saturated rings. The van der Waals surface area contributed by atoms with Crippen LogP contribution < -0.4 is 5.73 Å². The van der Waals surface area contributed by atoms with Gasteiger partial charge in [-0.05, 0) is 19.8 Å². The largest absolute Gasteiger partial charge is 0.477 e. The highest BCUT2D eigenvalue weighted by Crippen LogP contribution is 2.58. The SMILES string of the molecule is CC(N)C1(C(F)(F)C(=O)O)CC1. The van der Waals surface area contributed by atoms with Crippen LogP contribution in [0.3, 0.4) is 0 Å². The Hall–Kier alpha value is -0.710.